The van der Waals surface area contributed by atoms with E-state index in [1.54, 1.807) is 0 Å². The first-order valence-corrected chi connectivity index (χ1v) is 5.46. The number of ether oxygens (including phenoxy) is 1. The van der Waals surface area contributed by atoms with Crippen molar-refractivity contribution in [2.75, 3.05) is 13.2 Å². The summed E-state index contributed by atoms with van der Waals surface area (Å²) < 4.78 is 5.54. The van der Waals surface area contributed by atoms with E-state index in [1.165, 1.54) is 24.1 Å². The predicted molar refractivity (Wildman–Crippen MR) is 51.7 cm³/mol. The molecule has 1 aliphatic heterocycles. The van der Waals surface area contributed by atoms with Crippen molar-refractivity contribution >= 4 is 11.3 Å². The lowest BCUT2D eigenvalue weighted by Crippen LogP contribution is -2.02. The third-order valence-electron chi connectivity index (χ3n) is 2.36. The van der Waals surface area contributed by atoms with Gasteiger partial charge in [-0.3, -0.25) is 0 Å². The Kier molecular flexibility index (Phi) is 2.79. The zero-order valence-corrected chi connectivity index (χ0v) is 7.98. The third kappa shape index (κ3) is 1.87. The molecule has 0 amide bonds. The van der Waals surface area contributed by atoms with E-state index in [1.807, 2.05) is 11.3 Å². The van der Waals surface area contributed by atoms with Gasteiger partial charge < -0.3 is 4.74 Å². The first kappa shape index (κ1) is 8.27. The fourth-order valence-electron chi connectivity index (χ4n) is 1.65. The monoisotopic (exact) mass is 182 g/mol. The van der Waals surface area contributed by atoms with Gasteiger partial charge in [0.2, 0.25) is 0 Å². The summed E-state index contributed by atoms with van der Waals surface area (Å²) in [6.07, 6.45) is 3.87. The molecule has 0 bridgehead atoms. The molecule has 0 saturated carbocycles. The number of rotatable bonds is 1. The Morgan fingerprint density at radius 3 is 3.25 bits per heavy atom. The van der Waals surface area contributed by atoms with Crippen LogP contribution in [-0.4, -0.2) is 13.2 Å². The Morgan fingerprint density at radius 1 is 1.42 bits per heavy atom. The van der Waals surface area contributed by atoms with Gasteiger partial charge >= 0.3 is 0 Å². The Hall–Kier alpha value is -0.340. The minimum absolute atomic E-state index is 0.674. The van der Waals surface area contributed by atoms with E-state index < -0.39 is 0 Å². The molecule has 0 aliphatic carbocycles. The normalized spacial score (nSPS) is 25.2. The highest BCUT2D eigenvalue weighted by Gasteiger charge is 2.14. The zero-order valence-electron chi connectivity index (χ0n) is 7.16. The maximum atomic E-state index is 5.54. The molecule has 1 aromatic heterocycles. The molecular weight excluding hydrogens is 168 g/mol. The van der Waals surface area contributed by atoms with E-state index in [4.69, 9.17) is 4.74 Å². The average Bonchev–Trinajstić information content (AvgIpc) is 2.48. The maximum Gasteiger partial charge on any atom is 0.0542 e. The van der Waals surface area contributed by atoms with Crippen molar-refractivity contribution in [2.45, 2.75) is 25.2 Å². The van der Waals surface area contributed by atoms with Gasteiger partial charge in [0, 0.05) is 17.4 Å². The zero-order chi connectivity index (χ0) is 8.23. The molecule has 0 radical (unpaired) electrons. The largest absolute Gasteiger partial charge is 0.381 e. The quantitative estimate of drug-likeness (QED) is 0.648. The van der Waals surface area contributed by atoms with E-state index in [0.29, 0.717) is 5.92 Å². The molecule has 1 aliphatic rings. The van der Waals surface area contributed by atoms with E-state index in [9.17, 15) is 0 Å². The van der Waals surface area contributed by atoms with Gasteiger partial charge in [-0.25, -0.2) is 0 Å². The molecule has 1 fully saturated rings. The second kappa shape index (κ2) is 4.06. The van der Waals surface area contributed by atoms with E-state index in [0.717, 1.165) is 13.2 Å². The lowest BCUT2D eigenvalue weighted by molar-refractivity contribution is 0.134. The Morgan fingerprint density at radius 2 is 2.42 bits per heavy atom. The number of hydrogen-bond acceptors (Lipinski definition) is 2. The van der Waals surface area contributed by atoms with Crippen molar-refractivity contribution in [3.63, 3.8) is 0 Å². The summed E-state index contributed by atoms with van der Waals surface area (Å²) >= 11 is 1.86. The highest BCUT2D eigenvalue weighted by molar-refractivity contribution is 7.10. The van der Waals surface area contributed by atoms with E-state index >= 15 is 0 Å². The Bertz CT molecular complexity index is 210. The van der Waals surface area contributed by atoms with Crippen molar-refractivity contribution in [3.05, 3.63) is 22.4 Å². The van der Waals surface area contributed by atoms with Crippen LogP contribution in [-0.2, 0) is 4.74 Å². The molecule has 0 N–H and O–H groups in total. The van der Waals surface area contributed by atoms with Crippen molar-refractivity contribution < 1.29 is 4.74 Å². The van der Waals surface area contributed by atoms with Crippen LogP contribution in [0.2, 0.25) is 0 Å². The highest BCUT2D eigenvalue weighted by atomic mass is 32.1. The molecule has 2 rings (SSSR count). The van der Waals surface area contributed by atoms with Gasteiger partial charge in [0.05, 0.1) is 6.61 Å². The van der Waals surface area contributed by atoms with Crippen LogP contribution in [0.1, 0.15) is 30.1 Å². The predicted octanol–water partition coefficient (Wildman–Crippen LogP) is 3.03. The minimum atomic E-state index is 0.674. The van der Waals surface area contributed by atoms with Gasteiger partial charge in [-0.15, -0.1) is 11.3 Å². The molecule has 12 heavy (non-hydrogen) atoms. The van der Waals surface area contributed by atoms with Crippen molar-refractivity contribution in [2.24, 2.45) is 0 Å². The summed E-state index contributed by atoms with van der Waals surface area (Å²) in [7, 11) is 0. The van der Waals surface area contributed by atoms with Crippen LogP contribution in [0, 0.1) is 0 Å². The van der Waals surface area contributed by atoms with Gasteiger partial charge in [0.1, 0.15) is 0 Å². The topological polar surface area (TPSA) is 9.23 Å². The van der Waals surface area contributed by atoms with Crippen molar-refractivity contribution in [1.29, 1.82) is 0 Å². The van der Waals surface area contributed by atoms with Crippen LogP contribution in [0.25, 0.3) is 0 Å². The third-order valence-corrected chi connectivity index (χ3v) is 3.39. The molecule has 1 atom stereocenters. The van der Waals surface area contributed by atoms with Crippen LogP contribution >= 0.6 is 11.3 Å². The first-order chi connectivity index (χ1) is 5.97. The summed E-state index contributed by atoms with van der Waals surface area (Å²) in [6.45, 7) is 1.89. The molecule has 0 aromatic carbocycles. The van der Waals surface area contributed by atoms with Gasteiger partial charge in [-0.05, 0) is 24.3 Å². The highest BCUT2D eigenvalue weighted by Crippen LogP contribution is 2.28. The maximum absolute atomic E-state index is 5.54. The second-order valence-electron chi connectivity index (χ2n) is 3.28. The molecule has 1 aromatic rings. The lowest BCUT2D eigenvalue weighted by Gasteiger charge is -2.10. The molecule has 2 heteroatoms. The van der Waals surface area contributed by atoms with Crippen LogP contribution in [0.4, 0.5) is 0 Å². The standard InChI is InChI=1S/C10H14OS/c1-2-6-11-8-9(4-1)10-5-3-7-12-10/h3,5,7,9H,1-2,4,6,8H2. The molecular formula is C10H14OS. The fourth-order valence-corrected chi connectivity index (χ4v) is 2.50. The van der Waals surface area contributed by atoms with E-state index in [-0.39, 0.29) is 0 Å². The second-order valence-corrected chi connectivity index (χ2v) is 4.26. The molecule has 0 spiro atoms. The van der Waals surface area contributed by atoms with Crippen molar-refractivity contribution in [1.82, 2.24) is 0 Å². The Balaban J connectivity index is 2.02. The summed E-state index contributed by atoms with van der Waals surface area (Å²) in [4.78, 5) is 1.50. The Labute approximate surface area is 77.4 Å². The number of thiophene rings is 1. The van der Waals surface area contributed by atoms with Gasteiger partial charge in [0.25, 0.3) is 0 Å². The number of hydrogen-bond donors (Lipinski definition) is 0. The minimum Gasteiger partial charge on any atom is -0.381 e. The molecule has 1 nitrogen and oxygen atoms in total. The van der Waals surface area contributed by atoms with Crippen LogP contribution in [0.5, 0.6) is 0 Å². The summed E-state index contributed by atoms with van der Waals surface area (Å²) in [5.41, 5.74) is 0. The molecule has 1 saturated heterocycles. The van der Waals surface area contributed by atoms with Crippen molar-refractivity contribution in [3.8, 4) is 0 Å². The van der Waals surface area contributed by atoms with Crippen LogP contribution in [0.3, 0.4) is 0 Å². The molecule has 1 unspecified atom stereocenters. The van der Waals surface area contributed by atoms with Crippen LogP contribution in [0.15, 0.2) is 17.5 Å². The first-order valence-electron chi connectivity index (χ1n) is 4.58. The molecule has 2 heterocycles. The molecule has 66 valence electrons. The van der Waals surface area contributed by atoms with Crippen LogP contribution < -0.4 is 0 Å². The SMILES string of the molecule is c1csc(C2CCCCOC2)c1. The summed E-state index contributed by atoms with van der Waals surface area (Å²) in [6, 6.07) is 4.36. The van der Waals surface area contributed by atoms with Gasteiger partial charge in [0.15, 0.2) is 0 Å². The smallest absolute Gasteiger partial charge is 0.0542 e. The van der Waals surface area contributed by atoms with E-state index in [2.05, 4.69) is 17.5 Å². The average molecular weight is 182 g/mol. The summed E-state index contributed by atoms with van der Waals surface area (Å²) in [5.74, 6) is 0.674. The summed E-state index contributed by atoms with van der Waals surface area (Å²) in [5, 5.41) is 2.15. The lowest BCUT2D eigenvalue weighted by atomic mass is 10.0. The fraction of sp³-hybridized carbons (Fsp3) is 0.600. The van der Waals surface area contributed by atoms with Gasteiger partial charge in [-0.2, -0.15) is 0 Å². The van der Waals surface area contributed by atoms with Gasteiger partial charge in [-0.1, -0.05) is 12.5 Å².